The van der Waals surface area contributed by atoms with E-state index in [2.05, 4.69) is 10.3 Å². The molecule has 2 aromatic rings. The number of nitrogens with one attached hydrogen (secondary N) is 1. The van der Waals surface area contributed by atoms with Gasteiger partial charge >= 0.3 is 5.97 Å². The van der Waals surface area contributed by atoms with E-state index in [1.165, 1.54) is 11.3 Å². The fourth-order valence-electron chi connectivity index (χ4n) is 2.19. The number of thiazole rings is 1. The number of aliphatic carboxylic acids is 1. The number of aryl methyl sites for hydroxylation is 3. The van der Waals surface area contributed by atoms with Crippen molar-refractivity contribution in [3.63, 3.8) is 0 Å². The van der Waals surface area contributed by atoms with E-state index in [4.69, 9.17) is 5.11 Å². The standard InChI is InChI=1S/C16H18N2O3S/c1-9-4-6-12(7-5-9)13(8-14(19)20)18-16(21)15-10(2)17-11(3)22-15/h4-7,13H,8H2,1-3H3,(H,18,21)(H,19,20)/t13-/m1/s1. The van der Waals surface area contributed by atoms with Crippen LogP contribution in [0, 0.1) is 20.8 Å². The minimum Gasteiger partial charge on any atom is -0.481 e. The third-order valence-corrected chi connectivity index (χ3v) is 4.35. The molecule has 2 N–H and O–H groups in total. The van der Waals surface area contributed by atoms with Gasteiger partial charge in [0, 0.05) is 0 Å². The average molecular weight is 318 g/mol. The van der Waals surface area contributed by atoms with Crippen LogP contribution < -0.4 is 5.32 Å². The summed E-state index contributed by atoms with van der Waals surface area (Å²) >= 11 is 1.31. The fourth-order valence-corrected chi connectivity index (χ4v) is 3.01. The summed E-state index contributed by atoms with van der Waals surface area (Å²) in [5.41, 5.74) is 2.52. The normalized spacial score (nSPS) is 12.0. The summed E-state index contributed by atoms with van der Waals surface area (Å²) in [5, 5.41) is 12.7. The summed E-state index contributed by atoms with van der Waals surface area (Å²) in [4.78, 5) is 28.2. The molecule has 22 heavy (non-hydrogen) atoms. The monoisotopic (exact) mass is 318 g/mol. The maximum atomic E-state index is 12.4. The highest BCUT2D eigenvalue weighted by molar-refractivity contribution is 7.13. The predicted molar refractivity (Wildman–Crippen MR) is 85.2 cm³/mol. The second-order valence-electron chi connectivity index (χ2n) is 5.18. The van der Waals surface area contributed by atoms with Crippen molar-refractivity contribution in [2.24, 2.45) is 0 Å². The summed E-state index contributed by atoms with van der Waals surface area (Å²) in [6.45, 7) is 5.57. The van der Waals surface area contributed by atoms with Crippen LogP contribution in [0.15, 0.2) is 24.3 Å². The number of hydrogen-bond acceptors (Lipinski definition) is 4. The molecule has 0 aliphatic rings. The summed E-state index contributed by atoms with van der Waals surface area (Å²) in [5.74, 6) is -1.24. The van der Waals surface area contributed by atoms with E-state index in [0.717, 1.165) is 16.1 Å². The van der Waals surface area contributed by atoms with Crippen molar-refractivity contribution in [2.45, 2.75) is 33.2 Å². The Morgan fingerprint density at radius 2 is 1.86 bits per heavy atom. The van der Waals surface area contributed by atoms with Gasteiger partial charge in [-0.05, 0) is 26.3 Å². The zero-order valence-corrected chi connectivity index (χ0v) is 13.5. The summed E-state index contributed by atoms with van der Waals surface area (Å²) in [6, 6.07) is 6.92. The maximum absolute atomic E-state index is 12.4. The van der Waals surface area contributed by atoms with Crippen molar-refractivity contribution in [3.05, 3.63) is 51.0 Å². The molecule has 2 rings (SSSR count). The molecule has 0 unspecified atom stereocenters. The number of aromatic nitrogens is 1. The molecule has 1 aromatic carbocycles. The summed E-state index contributed by atoms with van der Waals surface area (Å²) in [6.07, 6.45) is -0.161. The molecule has 0 fully saturated rings. The van der Waals surface area contributed by atoms with Gasteiger partial charge in [0.1, 0.15) is 4.88 Å². The molecule has 116 valence electrons. The lowest BCUT2D eigenvalue weighted by atomic mass is 10.0. The Labute approximate surface area is 133 Å². The number of carbonyl (C=O) groups excluding carboxylic acids is 1. The van der Waals surface area contributed by atoms with E-state index >= 15 is 0 Å². The van der Waals surface area contributed by atoms with Gasteiger partial charge in [0.2, 0.25) is 0 Å². The molecular weight excluding hydrogens is 300 g/mol. The third kappa shape index (κ3) is 3.92. The van der Waals surface area contributed by atoms with Crippen LogP contribution in [0.2, 0.25) is 0 Å². The first-order valence-corrected chi connectivity index (χ1v) is 7.71. The molecule has 0 spiro atoms. The lowest BCUT2D eigenvalue weighted by Crippen LogP contribution is -2.30. The molecule has 0 aliphatic heterocycles. The van der Waals surface area contributed by atoms with Crippen LogP contribution in [-0.2, 0) is 4.79 Å². The SMILES string of the molecule is Cc1ccc([C@@H](CC(=O)O)NC(=O)c2sc(C)nc2C)cc1. The van der Waals surface area contributed by atoms with E-state index in [1.807, 2.05) is 38.1 Å². The number of nitrogens with zero attached hydrogens (tertiary/aromatic N) is 1. The Balaban J connectivity index is 2.23. The highest BCUT2D eigenvalue weighted by Crippen LogP contribution is 2.21. The van der Waals surface area contributed by atoms with Crippen molar-refractivity contribution in [2.75, 3.05) is 0 Å². The van der Waals surface area contributed by atoms with Crippen LogP contribution in [-0.4, -0.2) is 22.0 Å². The Kier molecular flexibility index (Phi) is 4.92. The van der Waals surface area contributed by atoms with Crippen LogP contribution in [0.5, 0.6) is 0 Å². The maximum Gasteiger partial charge on any atom is 0.305 e. The topological polar surface area (TPSA) is 79.3 Å². The molecule has 6 heteroatoms. The second kappa shape index (κ2) is 6.70. The Bertz CT molecular complexity index is 692. The highest BCUT2D eigenvalue weighted by Gasteiger charge is 2.21. The van der Waals surface area contributed by atoms with Crippen molar-refractivity contribution in [1.82, 2.24) is 10.3 Å². The molecule has 1 heterocycles. The molecule has 0 aliphatic carbocycles. The van der Waals surface area contributed by atoms with E-state index in [0.29, 0.717) is 10.6 Å². The Hall–Kier alpha value is -2.21. The third-order valence-electron chi connectivity index (χ3n) is 3.27. The predicted octanol–water partition coefficient (Wildman–Crippen LogP) is 3.01. The molecule has 1 amide bonds. The van der Waals surface area contributed by atoms with Gasteiger partial charge in [0.15, 0.2) is 0 Å². The first-order valence-electron chi connectivity index (χ1n) is 6.90. The van der Waals surface area contributed by atoms with Crippen LogP contribution in [0.1, 0.15) is 44.0 Å². The number of amides is 1. The van der Waals surface area contributed by atoms with E-state index in [9.17, 15) is 9.59 Å². The number of carboxylic acid groups (broad SMARTS) is 1. The lowest BCUT2D eigenvalue weighted by Gasteiger charge is -2.17. The first-order chi connectivity index (χ1) is 10.4. The van der Waals surface area contributed by atoms with Crippen molar-refractivity contribution < 1.29 is 14.7 Å². The smallest absolute Gasteiger partial charge is 0.305 e. The Morgan fingerprint density at radius 3 is 2.36 bits per heavy atom. The molecule has 0 saturated heterocycles. The highest BCUT2D eigenvalue weighted by atomic mass is 32.1. The molecular formula is C16H18N2O3S. The number of rotatable bonds is 5. The number of carbonyl (C=O) groups is 2. The van der Waals surface area contributed by atoms with Gasteiger partial charge in [-0.25, -0.2) is 4.98 Å². The first kappa shape index (κ1) is 16.2. The van der Waals surface area contributed by atoms with Gasteiger partial charge in [-0.1, -0.05) is 29.8 Å². The summed E-state index contributed by atoms with van der Waals surface area (Å²) < 4.78 is 0. The molecule has 5 nitrogen and oxygen atoms in total. The zero-order chi connectivity index (χ0) is 16.3. The Morgan fingerprint density at radius 1 is 1.23 bits per heavy atom. The van der Waals surface area contributed by atoms with Gasteiger partial charge < -0.3 is 10.4 Å². The van der Waals surface area contributed by atoms with Crippen LogP contribution in [0.3, 0.4) is 0 Å². The van der Waals surface area contributed by atoms with E-state index in [1.54, 1.807) is 6.92 Å². The quantitative estimate of drug-likeness (QED) is 0.888. The average Bonchev–Trinajstić information content (AvgIpc) is 2.77. The molecule has 1 atom stereocenters. The number of hydrogen-bond donors (Lipinski definition) is 2. The fraction of sp³-hybridized carbons (Fsp3) is 0.312. The van der Waals surface area contributed by atoms with Crippen LogP contribution >= 0.6 is 11.3 Å². The largest absolute Gasteiger partial charge is 0.481 e. The second-order valence-corrected chi connectivity index (χ2v) is 6.39. The molecule has 0 saturated carbocycles. The van der Waals surface area contributed by atoms with Crippen LogP contribution in [0.25, 0.3) is 0 Å². The molecule has 1 aromatic heterocycles. The van der Waals surface area contributed by atoms with Crippen molar-refractivity contribution in [1.29, 1.82) is 0 Å². The number of carboxylic acids is 1. The minimum atomic E-state index is -0.955. The van der Waals surface area contributed by atoms with Gasteiger partial charge in [-0.3, -0.25) is 9.59 Å². The van der Waals surface area contributed by atoms with Gasteiger partial charge in [-0.2, -0.15) is 0 Å². The molecule has 0 bridgehead atoms. The minimum absolute atomic E-state index is 0.161. The van der Waals surface area contributed by atoms with E-state index in [-0.39, 0.29) is 12.3 Å². The van der Waals surface area contributed by atoms with Gasteiger partial charge in [0.05, 0.1) is 23.2 Å². The lowest BCUT2D eigenvalue weighted by molar-refractivity contribution is -0.137. The molecule has 0 radical (unpaired) electrons. The summed E-state index contributed by atoms with van der Waals surface area (Å²) in [7, 11) is 0. The van der Waals surface area contributed by atoms with Crippen molar-refractivity contribution >= 4 is 23.2 Å². The zero-order valence-electron chi connectivity index (χ0n) is 12.7. The van der Waals surface area contributed by atoms with Crippen LogP contribution in [0.4, 0.5) is 0 Å². The van der Waals surface area contributed by atoms with Crippen molar-refractivity contribution in [3.8, 4) is 0 Å². The van der Waals surface area contributed by atoms with Gasteiger partial charge in [0.25, 0.3) is 5.91 Å². The van der Waals surface area contributed by atoms with Gasteiger partial charge in [-0.15, -0.1) is 11.3 Å². The van der Waals surface area contributed by atoms with E-state index < -0.39 is 12.0 Å². The number of benzene rings is 1.